The van der Waals surface area contributed by atoms with Gasteiger partial charge in [-0.1, -0.05) is 48.5 Å². The highest BCUT2D eigenvalue weighted by Gasteiger charge is 2.31. The number of alkyl carbamates (subject to hydrolysis) is 1. The van der Waals surface area contributed by atoms with E-state index in [1.165, 1.54) is 6.08 Å². The second-order valence-corrected chi connectivity index (χ2v) is 9.19. The molecule has 37 heavy (non-hydrogen) atoms. The normalized spacial score (nSPS) is 19.4. The largest absolute Gasteiger partial charge is 0.475 e. The van der Waals surface area contributed by atoms with E-state index in [4.69, 9.17) is 9.47 Å². The van der Waals surface area contributed by atoms with E-state index in [0.717, 1.165) is 5.56 Å². The van der Waals surface area contributed by atoms with Crippen molar-refractivity contribution in [3.63, 3.8) is 0 Å². The molecule has 3 N–H and O–H groups in total. The summed E-state index contributed by atoms with van der Waals surface area (Å²) >= 11 is 0. The lowest BCUT2D eigenvalue weighted by molar-refractivity contribution is -0.139. The molecule has 1 heterocycles. The van der Waals surface area contributed by atoms with Gasteiger partial charge in [0.05, 0.1) is 31.2 Å². The maximum Gasteiger partial charge on any atom is 0.475 e. The molecule has 194 valence electrons. The number of carbonyl (C=O) groups excluding carboxylic acids is 2. The van der Waals surface area contributed by atoms with Crippen LogP contribution in [0.4, 0.5) is 4.79 Å². The van der Waals surface area contributed by atoms with Crippen molar-refractivity contribution in [3.05, 3.63) is 76.9 Å². The Morgan fingerprint density at radius 2 is 1.86 bits per heavy atom. The monoisotopic (exact) mass is 505 g/mol. The molecular formula is C27H32BN3O6. The zero-order chi connectivity index (χ0) is 26.9. The van der Waals surface area contributed by atoms with Gasteiger partial charge in [0.15, 0.2) is 0 Å². The van der Waals surface area contributed by atoms with Gasteiger partial charge in [0, 0.05) is 0 Å². The van der Waals surface area contributed by atoms with Crippen molar-refractivity contribution in [2.75, 3.05) is 13.2 Å². The van der Waals surface area contributed by atoms with Gasteiger partial charge >= 0.3 is 13.2 Å². The lowest BCUT2D eigenvalue weighted by Crippen LogP contribution is -2.52. The summed E-state index contributed by atoms with van der Waals surface area (Å²) in [5.74, 6) is -1.31. The van der Waals surface area contributed by atoms with Crippen LogP contribution >= 0.6 is 0 Å². The third kappa shape index (κ3) is 7.67. The smallest absolute Gasteiger partial charge is 0.442 e. The van der Waals surface area contributed by atoms with Gasteiger partial charge in [-0.15, -0.1) is 0 Å². The van der Waals surface area contributed by atoms with Crippen LogP contribution < -0.4 is 5.32 Å². The molecule has 1 saturated heterocycles. The lowest BCUT2D eigenvalue weighted by Gasteiger charge is -2.38. The number of nitrogens with one attached hydrogen (secondary N) is 1. The van der Waals surface area contributed by atoms with E-state index >= 15 is 0 Å². The van der Waals surface area contributed by atoms with E-state index in [0.29, 0.717) is 24.3 Å². The van der Waals surface area contributed by atoms with Crippen LogP contribution in [0.5, 0.6) is 0 Å². The van der Waals surface area contributed by atoms with E-state index in [-0.39, 0.29) is 30.0 Å². The number of nitrogens with zero attached hydrogens (tertiary/aromatic N) is 2. The van der Waals surface area contributed by atoms with Gasteiger partial charge in [0.2, 0.25) is 0 Å². The summed E-state index contributed by atoms with van der Waals surface area (Å²) < 4.78 is 10.9. The van der Waals surface area contributed by atoms with Crippen molar-refractivity contribution < 1.29 is 29.1 Å². The predicted molar refractivity (Wildman–Crippen MR) is 139 cm³/mol. The highest BCUT2D eigenvalue weighted by Crippen LogP contribution is 2.22. The molecule has 1 unspecified atom stereocenters. The SMILES string of the molecule is CC(OC(=O)N[C@@H](Cc1ccccc1)B(O)O)c1cccc(C=C(C#N)C(=O)N2[C@H](C)COC[C@H]2C)c1. The summed E-state index contributed by atoms with van der Waals surface area (Å²) in [6, 6.07) is 17.9. The number of morpholine rings is 1. The number of hydrogen-bond acceptors (Lipinski definition) is 7. The highest BCUT2D eigenvalue weighted by molar-refractivity contribution is 6.43. The number of amides is 2. The van der Waals surface area contributed by atoms with E-state index in [1.54, 1.807) is 36.1 Å². The van der Waals surface area contributed by atoms with Gasteiger partial charge in [-0.2, -0.15) is 5.26 Å². The number of ether oxygens (including phenoxy) is 2. The topological polar surface area (TPSA) is 132 Å². The highest BCUT2D eigenvalue weighted by atomic mass is 16.6. The quantitative estimate of drug-likeness (QED) is 0.286. The fourth-order valence-electron chi connectivity index (χ4n) is 4.27. The molecule has 1 fully saturated rings. The summed E-state index contributed by atoms with van der Waals surface area (Å²) in [6.07, 6.45) is 0.256. The van der Waals surface area contributed by atoms with Crippen molar-refractivity contribution in [2.24, 2.45) is 0 Å². The minimum atomic E-state index is -1.77. The number of rotatable bonds is 8. The van der Waals surface area contributed by atoms with Gasteiger partial charge in [-0.3, -0.25) is 4.79 Å². The minimum Gasteiger partial charge on any atom is -0.442 e. The first-order valence-corrected chi connectivity index (χ1v) is 12.2. The Labute approximate surface area is 217 Å². The fraction of sp³-hybridized carbons (Fsp3) is 0.370. The standard InChI is InChI=1S/C27H32BN3O6/c1-18-16-36-17-19(2)31(18)26(32)24(15-29)13-22-10-7-11-23(12-22)20(3)37-27(33)30-25(28(34)35)14-21-8-5-4-6-9-21/h4-13,18-20,25,34-35H,14,16-17H2,1-3H3,(H,30,33)/t18-,19-,20?,25+/m1/s1. The summed E-state index contributed by atoms with van der Waals surface area (Å²) in [7, 11) is -1.77. The summed E-state index contributed by atoms with van der Waals surface area (Å²) in [6.45, 7) is 6.28. The first kappa shape index (κ1) is 27.9. The molecule has 4 atom stereocenters. The van der Waals surface area contributed by atoms with Crippen LogP contribution in [-0.4, -0.2) is 65.3 Å². The Balaban J connectivity index is 1.68. The van der Waals surface area contributed by atoms with Crippen molar-refractivity contribution in [1.29, 1.82) is 5.26 Å². The van der Waals surface area contributed by atoms with Gasteiger partial charge in [0.25, 0.3) is 5.91 Å². The molecule has 10 heteroatoms. The van der Waals surface area contributed by atoms with Crippen LogP contribution in [0, 0.1) is 11.3 Å². The zero-order valence-electron chi connectivity index (χ0n) is 21.2. The summed E-state index contributed by atoms with van der Waals surface area (Å²) in [5, 5.41) is 31.6. The molecule has 3 rings (SSSR count). The molecule has 2 aromatic carbocycles. The van der Waals surface area contributed by atoms with E-state index in [1.807, 2.05) is 50.2 Å². The van der Waals surface area contributed by atoms with Gasteiger partial charge < -0.3 is 29.7 Å². The third-order valence-electron chi connectivity index (χ3n) is 6.19. The molecule has 1 aliphatic heterocycles. The molecule has 2 aromatic rings. The molecule has 1 aliphatic rings. The Morgan fingerprint density at radius 1 is 1.19 bits per heavy atom. The fourth-order valence-corrected chi connectivity index (χ4v) is 4.27. The Morgan fingerprint density at radius 3 is 2.49 bits per heavy atom. The Hall–Kier alpha value is -3.65. The Bertz CT molecular complexity index is 1140. The number of hydrogen-bond donors (Lipinski definition) is 3. The zero-order valence-corrected chi connectivity index (χ0v) is 21.2. The van der Waals surface area contributed by atoms with E-state index < -0.39 is 25.3 Å². The van der Waals surface area contributed by atoms with Crippen LogP contribution in [0.25, 0.3) is 6.08 Å². The summed E-state index contributed by atoms with van der Waals surface area (Å²) in [4.78, 5) is 27.2. The van der Waals surface area contributed by atoms with E-state index in [9.17, 15) is 24.9 Å². The van der Waals surface area contributed by atoms with Gasteiger partial charge in [-0.05, 0) is 56.0 Å². The molecule has 0 bridgehead atoms. The average molecular weight is 505 g/mol. The van der Waals surface area contributed by atoms with Crippen molar-refractivity contribution in [2.45, 2.75) is 51.3 Å². The second kappa shape index (κ2) is 13.1. The van der Waals surface area contributed by atoms with Crippen LogP contribution in [-0.2, 0) is 20.7 Å². The maximum atomic E-state index is 13.1. The lowest BCUT2D eigenvalue weighted by atomic mass is 9.76. The first-order valence-electron chi connectivity index (χ1n) is 12.2. The van der Waals surface area contributed by atoms with Crippen molar-refractivity contribution in [3.8, 4) is 6.07 Å². The van der Waals surface area contributed by atoms with Crippen LogP contribution in [0.15, 0.2) is 60.2 Å². The molecular weight excluding hydrogens is 473 g/mol. The first-order chi connectivity index (χ1) is 17.7. The summed E-state index contributed by atoms with van der Waals surface area (Å²) in [5.41, 5.74) is 2.09. The molecule has 0 aliphatic carbocycles. The van der Waals surface area contributed by atoms with Gasteiger partial charge in [-0.25, -0.2) is 4.79 Å². The molecule has 0 saturated carbocycles. The molecule has 9 nitrogen and oxygen atoms in total. The minimum absolute atomic E-state index is 0.00440. The maximum absolute atomic E-state index is 13.1. The Kier molecular flexibility index (Phi) is 9.86. The molecule has 0 radical (unpaired) electrons. The van der Waals surface area contributed by atoms with Crippen LogP contribution in [0.2, 0.25) is 0 Å². The average Bonchev–Trinajstić information content (AvgIpc) is 2.87. The number of benzene rings is 2. The molecule has 0 aromatic heterocycles. The van der Waals surface area contributed by atoms with Crippen LogP contribution in [0.1, 0.15) is 43.6 Å². The van der Waals surface area contributed by atoms with Gasteiger partial charge in [0.1, 0.15) is 17.7 Å². The second-order valence-electron chi connectivity index (χ2n) is 9.19. The third-order valence-corrected chi connectivity index (χ3v) is 6.19. The van der Waals surface area contributed by atoms with E-state index in [2.05, 4.69) is 5.32 Å². The predicted octanol–water partition coefficient (Wildman–Crippen LogP) is 2.64. The number of carbonyl (C=O) groups is 2. The van der Waals surface area contributed by atoms with Crippen molar-refractivity contribution in [1.82, 2.24) is 10.2 Å². The molecule has 2 amide bonds. The number of nitriles is 1. The van der Waals surface area contributed by atoms with Crippen LogP contribution in [0.3, 0.4) is 0 Å². The molecule has 0 spiro atoms. The van der Waals surface area contributed by atoms with Crippen molar-refractivity contribution >= 4 is 25.2 Å².